The molecule has 3 aromatic carbocycles. The van der Waals surface area contributed by atoms with Crippen LogP contribution in [0.15, 0.2) is 72.3 Å². The third kappa shape index (κ3) is 8.60. The van der Waals surface area contributed by atoms with E-state index in [4.69, 9.17) is 10.5 Å². The van der Waals surface area contributed by atoms with Crippen molar-refractivity contribution in [2.45, 2.75) is 90.3 Å². The van der Waals surface area contributed by atoms with Gasteiger partial charge in [-0.3, -0.25) is 14.4 Å². The Morgan fingerprint density at radius 1 is 0.918 bits per heavy atom. The second-order valence-electron chi connectivity index (χ2n) is 14.1. The van der Waals surface area contributed by atoms with E-state index in [0.29, 0.717) is 39.1 Å². The lowest BCUT2D eigenvalue weighted by molar-refractivity contribution is -0.134. The summed E-state index contributed by atoms with van der Waals surface area (Å²) in [5.74, 6) is 0.639. The molecule has 8 heteroatoms. The number of nitrogens with zero attached hydrogens (tertiary/aromatic N) is 2. The molecule has 1 unspecified atom stereocenters. The number of carbonyl (C=O) groups is 3. The monoisotopic (exact) mass is 662 g/mol. The number of nitrogens with two attached hydrogens (primary N) is 1. The van der Waals surface area contributed by atoms with E-state index < -0.39 is 5.91 Å². The van der Waals surface area contributed by atoms with Gasteiger partial charge >= 0.3 is 0 Å². The van der Waals surface area contributed by atoms with Crippen molar-refractivity contribution in [1.29, 1.82) is 0 Å². The van der Waals surface area contributed by atoms with Gasteiger partial charge in [-0.05, 0) is 97.9 Å². The molecule has 258 valence electrons. The molecular weight excluding hydrogens is 612 g/mol. The van der Waals surface area contributed by atoms with Gasteiger partial charge in [0.05, 0.1) is 12.6 Å². The zero-order chi connectivity index (χ0) is 34.5. The molecule has 2 atom stereocenters. The van der Waals surface area contributed by atoms with Gasteiger partial charge in [0.15, 0.2) is 0 Å². The summed E-state index contributed by atoms with van der Waals surface area (Å²) in [5.41, 5.74) is 14.3. The Morgan fingerprint density at radius 3 is 2.37 bits per heavy atom. The summed E-state index contributed by atoms with van der Waals surface area (Å²) in [5, 5.41) is 3.71. The van der Waals surface area contributed by atoms with Crippen LogP contribution in [0, 0.1) is 20.8 Å². The normalized spacial score (nSPS) is 18.7. The summed E-state index contributed by atoms with van der Waals surface area (Å²) >= 11 is 0. The number of nitrogens with one attached hydrogen (secondary N) is 1. The van der Waals surface area contributed by atoms with Gasteiger partial charge in [-0.1, -0.05) is 60.7 Å². The molecule has 3 N–H and O–H groups in total. The van der Waals surface area contributed by atoms with Crippen LogP contribution in [-0.2, 0) is 27.2 Å². The molecule has 0 spiro atoms. The van der Waals surface area contributed by atoms with Gasteiger partial charge in [-0.25, -0.2) is 0 Å². The predicted octanol–water partition coefficient (Wildman–Crippen LogP) is 5.45. The minimum absolute atomic E-state index is 0.0127. The molecule has 2 heterocycles. The molecular formula is C41H50N4O4. The quantitative estimate of drug-likeness (QED) is 0.239. The number of piperazine rings is 1. The number of aryl methyl sites for hydroxylation is 2. The summed E-state index contributed by atoms with van der Waals surface area (Å²) in [6.45, 7) is 8.57. The van der Waals surface area contributed by atoms with Gasteiger partial charge in [0.25, 0.3) is 5.91 Å². The summed E-state index contributed by atoms with van der Waals surface area (Å²) in [4.78, 5) is 43.2. The molecule has 0 aromatic heterocycles. The number of fused-ring (bicyclic) bond motifs is 2. The number of hydrogen-bond donors (Lipinski definition) is 2. The molecule has 2 bridgehead atoms. The topological polar surface area (TPSA) is 105 Å². The average molecular weight is 663 g/mol. The van der Waals surface area contributed by atoms with Gasteiger partial charge in [0, 0.05) is 56.6 Å². The number of benzene rings is 3. The minimum atomic E-state index is -0.392. The third-order valence-electron chi connectivity index (χ3n) is 10.2. The molecule has 1 saturated carbocycles. The maximum Gasteiger partial charge on any atom is 0.252 e. The molecule has 8 nitrogen and oxygen atoms in total. The van der Waals surface area contributed by atoms with Crippen LogP contribution in [-0.4, -0.2) is 71.9 Å². The van der Waals surface area contributed by atoms with Crippen molar-refractivity contribution in [3.05, 3.63) is 106 Å². The molecule has 1 saturated heterocycles. The Bertz CT molecular complexity index is 1700. The van der Waals surface area contributed by atoms with E-state index in [1.165, 1.54) is 27.8 Å². The van der Waals surface area contributed by atoms with Crippen LogP contribution in [0.1, 0.15) is 71.9 Å². The van der Waals surface area contributed by atoms with Crippen LogP contribution >= 0.6 is 0 Å². The van der Waals surface area contributed by atoms with Gasteiger partial charge in [-0.15, -0.1) is 0 Å². The van der Waals surface area contributed by atoms with Crippen molar-refractivity contribution < 1.29 is 19.1 Å². The van der Waals surface area contributed by atoms with Crippen LogP contribution < -0.4 is 15.8 Å². The van der Waals surface area contributed by atoms with E-state index >= 15 is 0 Å². The highest BCUT2D eigenvalue weighted by Gasteiger charge is 2.43. The van der Waals surface area contributed by atoms with E-state index in [0.717, 1.165) is 48.1 Å². The van der Waals surface area contributed by atoms with Crippen molar-refractivity contribution in [1.82, 2.24) is 15.1 Å². The lowest BCUT2D eigenvalue weighted by Gasteiger charge is -2.45. The standard InChI is InChI=1S/C41H50N4O4/c1-27-22-28(2)29(3)37(23-27)49-21-19-31-12-14-32(15-13-31)35-24-33-25-44(39(47)11-7-10-38(42)46)26-36(43-33)40(35)41(48)45(34-16-17-34)20-18-30-8-5-4-6-9-30/h4-6,8-9,12-15,22-23,33-34,36,43H,7,10-11,16-21,24-26H2,1-3H3,(H2,42,46)/t33?,36-/m1/s1. The Kier molecular flexibility index (Phi) is 10.8. The number of amides is 3. The molecule has 49 heavy (non-hydrogen) atoms. The van der Waals surface area contributed by atoms with Crippen molar-refractivity contribution >= 4 is 23.3 Å². The highest BCUT2D eigenvalue weighted by atomic mass is 16.5. The largest absolute Gasteiger partial charge is 0.493 e. The first kappa shape index (κ1) is 34.4. The summed E-state index contributed by atoms with van der Waals surface area (Å²) in [6, 6.07) is 23.3. The maximum absolute atomic E-state index is 14.7. The van der Waals surface area contributed by atoms with Crippen LogP contribution in [0.5, 0.6) is 5.75 Å². The third-order valence-corrected chi connectivity index (χ3v) is 10.2. The van der Waals surface area contributed by atoms with Crippen LogP contribution in [0.2, 0.25) is 0 Å². The molecule has 3 amide bonds. The van der Waals surface area contributed by atoms with Crippen molar-refractivity contribution in [2.24, 2.45) is 5.73 Å². The lowest BCUT2D eigenvalue weighted by Crippen LogP contribution is -2.62. The van der Waals surface area contributed by atoms with Gasteiger partial charge < -0.3 is 25.6 Å². The SMILES string of the molecule is Cc1cc(C)c(C)c(OCCc2ccc(C3=C(C(=O)N(CCc4ccccc4)C4CC4)[C@H]4CN(C(=O)CCCC(N)=O)CC(C3)N4)cc2)c1. The predicted molar refractivity (Wildman–Crippen MR) is 193 cm³/mol. The van der Waals surface area contributed by atoms with Crippen LogP contribution in [0.25, 0.3) is 5.57 Å². The zero-order valence-corrected chi connectivity index (χ0v) is 29.2. The molecule has 3 aliphatic rings. The number of hydrogen-bond acceptors (Lipinski definition) is 5. The molecule has 0 radical (unpaired) electrons. The second kappa shape index (κ2) is 15.4. The lowest BCUT2D eigenvalue weighted by atomic mass is 9.82. The highest BCUT2D eigenvalue weighted by Crippen LogP contribution is 2.37. The average Bonchev–Trinajstić information content (AvgIpc) is 3.92. The number of primary amides is 1. The van der Waals surface area contributed by atoms with Gasteiger partial charge in [0.1, 0.15) is 5.75 Å². The number of ether oxygens (including phenoxy) is 1. The minimum Gasteiger partial charge on any atom is -0.493 e. The Labute approximate surface area is 290 Å². The van der Waals surface area contributed by atoms with Crippen molar-refractivity contribution in [3.8, 4) is 5.75 Å². The fourth-order valence-corrected chi connectivity index (χ4v) is 7.33. The summed E-state index contributed by atoms with van der Waals surface area (Å²) < 4.78 is 6.20. The maximum atomic E-state index is 14.7. The van der Waals surface area contributed by atoms with E-state index in [9.17, 15) is 14.4 Å². The fourth-order valence-electron chi connectivity index (χ4n) is 7.33. The van der Waals surface area contributed by atoms with Gasteiger partial charge in [-0.2, -0.15) is 0 Å². The molecule has 2 fully saturated rings. The highest BCUT2D eigenvalue weighted by molar-refractivity contribution is 6.03. The van der Waals surface area contributed by atoms with Crippen LogP contribution in [0.4, 0.5) is 0 Å². The summed E-state index contributed by atoms with van der Waals surface area (Å²) in [6.07, 6.45) is 5.21. The van der Waals surface area contributed by atoms with E-state index in [1.54, 1.807) is 0 Å². The molecule has 6 rings (SSSR count). The Hall–Kier alpha value is -4.43. The first-order valence-corrected chi connectivity index (χ1v) is 17.9. The second-order valence-corrected chi connectivity index (χ2v) is 14.1. The smallest absolute Gasteiger partial charge is 0.252 e. The molecule has 1 aliphatic carbocycles. The molecule has 2 aliphatic heterocycles. The van der Waals surface area contributed by atoms with Crippen molar-refractivity contribution in [2.75, 3.05) is 26.2 Å². The van der Waals surface area contributed by atoms with E-state index in [1.807, 2.05) is 23.1 Å². The number of rotatable bonds is 14. The first-order chi connectivity index (χ1) is 23.7. The number of carbonyl (C=O) groups excluding carboxylic acids is 3. The summed E-state index contributed by atoms with van der Waals surface area (Å²) in [7, 11) is 0. The Morgan fingerprint density at radius 2 is 1.65 bits per heavy atom. The van der Waals surface area contributed by atoms with Crippen LogP contribution in [0.3, 0.4) is 0 Å². The van der Waals surface area contributed by atoms with E-state index in [-0.39, 0.29) is 42.8 Å². The van der Waals surface area contributed by atoms with E-state index in [2.05, 4.69) is 79.5 Å². The van der Waals surface area contributed by atoms with Gasteiger partial charge in [0.2, 0.25) is 11.8 Å². The zero-order valence-electron chi connectivity index (χ0n) is 29.2. The van der Waals surface area contributed by atoms with Crippen molar-refractivity contribution in [3.63, 3.8) is 0 Å². The fraction of sp³-hybridized carbons (Fsp3) is 0.439. The molecule has 3 aromatic rings. The first-order valence-electron chi connectivity index (χ1n) is 17.9. The Balaban J connectivity index is 1.23.